The van der Waals surface area contributed by atoms with Crippen LogP contribution in [0, 0.1) is 5.92 Å². The van der Waals surface area contributed by atoms with Gasteiger partial charge in [0.15, 0.2) is 0 Å². The predicted molar refractivity (Wildman–Crippen MR) is 99.0 cm³/mol. The molecule has 0 nitrogen and oxygen atoms in total. The van der Waals surface area contributed by atoms with Crippen molar-refractivity contribution in [1.29, 1.82) is 0 Å². The van der Waals surface area contributed by atoms with E-state index in [-0.39, 0.29) is 0 Å². The summed E-state index contributed by atoms with van der Waals surface area (Å²) in [5.41, 5.74) is 0. The third-order valence-corrected chi connectivity index (χ3v) is 5.00. The van der Waals surface area contributed by atoms with E-state index in [1.165, 1.54) is 109 Å². The van der Waals surface area contributed by atoms with Crippen LogP contribution in [0.5, 0.6) is 0 Å². The molecule has 0 fully saturated rings. The molecular formula is C21H44. The van der Waals surface area contributed by atoms with Gasteiger partial charge in [0.05, 0.1) is 0 Å². The van der Waals surface area contributed by atoms with Crippen LogP contribution in [-0.4, -0.2) is 0 Å². The fourth-order valence-corrected chi connectivity index (χ4v) is 3.07. The molecule has 0 radical (unpaired) electrons. The van der Waals surface area contributed by atoms with Gasteiger partial charge in [0.25, 0.3) is 0 Å². The van der Waals surface area contributed by atoms with Crippen molar-refractivity contribution >= 4 is 0 Å². The van der Waals surface area contributed by atoms with Crippen molar-refractivity contribution in [2.75, 3.05) is 0 Å². The van der Waals surface area contributed by atoms with Gasteiger partial charge in [0, 0.05) is 0 Å². The summed E-state index contributed by atoms with van der Waals surface area (Å²) in [6.45, 7) is 7.01. The standard InChI is InChI=1S/C21H44/c1-4-6-7-8-9-10-11-12-13-14-15-16-17-18-19-20-21(3)5-2/h21H,4-20H2,1-3H3/t21-/m0/s1. The van der Waals surface area contributed by atoms with Gasteiger partial charge in [-0.3, -0.25) is 0 Å². The lowest BCUT2D eigenvalue weighted by molar-refractivity contribution is 0.468. The second-order valence-corrected chi connectivity index (χ2v) is 7.25. The third-order valence-electron chi connectivity index (χ3n) is 5.00. The van der Waals surface area contributed by atoms with Gasteiger partial charge in [-0.25, -0.2) is 0 Å². The van der Waals surface area contributed by atoms with E-state index < -0.39 is 0 Å². The third kappa shape index (κ3) is 18.0. The SMILES string of the molecule is CCCCCCCCCCCCCCCCC[C@@H](C)CC. The van der Waals surface area contributed by atoms with E-state index in [1.54, 1.807) is 0 Å². The minimum Gasteiger partial charge on any atom is -0.0654 e. The summed E-state index contributed by atoms with van der Waals surface area (Å²) < 4.78 is 0. The first-order valence-electron chi connectivity index (χ1n) is 10.3. The van der Waals surface area contributed by atoms with Crippen molar-refractivity contribution in [2.45, 2.75) is 130 Å². The normalized spacial score (nSPS) is 12.7. The van der Waals surface area contributed by atoms with Crippen molar-refractivity contribution in [3.63, 3.8) is 0 Å². The van der Waals surface area contributed by atoms with Gasteiger partial charge in [0.1, 0.15) is 0 Å². The van der Waals surface area contributed by atoms with Crippen molar-refractivity contribution < 1.29 is 0 Å². The van der Waals surface area contributed by atoms with Crippen molar-refractivity contribution in [3.8, 4) is 0 Å². The number of unbranched alkanes of at least 4 members (excludes halogenated alkanes) is 14. The lowest BCUT2D eigenvalue weighted by Crippen LogP contribution is -1.91. The molecule has 0 heterocycles. The maximum absolute atomic E-state index is 2.39. The Balaban J connectivity index is 2.96. The fraction of sp³-hybridized carbons (Fsp3) is 1.00. The molecule has 0 aliphatic carbocycles. The van der Waals surface area contributed by atoms with Crippen LogP contribution < -0.4 is 0 Å². The van der Waals surface area contributed by atoms with Crippen LogP contribution in [0.2, 0.25) is 0 Å². The second kappa shape index (κ2) is 18.1. The molecule has 0 unspecified atom stereocenters. The molecule has 0 saturated heterocycles. The molecule has 0 aliphatic rings. The minimum atomic E-state index is 0.951. The highest BCUT2D eigenvalue weighted by Gasteiger charge is 1.98. The first kappa shape index (κ1) is 21.0. The first-order valence-corrected chi connectivity index (χ1v) is 10.3. The van der Waals surface area contributed by atoms with Gasteiger partial charge in [-0.1, -0.05) is 130 Å². The average molecular weight is 297 g/mol. The Morgan fingerprint density at radius 2 is 0.810 bits per heavy atom. The largest absolute Gasteiger partial charge is 0.0654 e. The lowest BCUT2D eigenvalue weighted by Gasteiger charge is -2.07. The van der Waals surface area contributed by atoms with Gasteiger partial charge in [-0.05, 0) is 5.92 Å². The Morgan fingerprint density at radius 1 is 0.476 bits per heavy atom. The summed E-state index contributed by atoms with van der Waals surface area (Å²) in [5, 5.41) is 0. The smallest absolute Gasteiger partial charge is 0.0445 e. The topological polar surface area (TPSA) is 0 Å². The molecule has 0 spiro atoms. The Hall–Kier alpha value is 0. The van der Waals surface area contributed by atoms with Crippen molar-refractivity contribution in [3.05, 3.63) is 0 Å². The molecule has 0 heteroatoms. The van der Waals surface area contributed by atoms with Crippen LogP contribution in [-0.2, 0) is 0 Å². The van der Waals surface area contributed by atoms with Crippen LogP contribution in [0.3, 0.4) is 0 Å². The van der Waals surface area contributed by atoms with Gasteiger partial charge < -0.3 is 0 Å². The molecule has 0 bridgehead atoms. The van der Waals surface area contributed by atoms with Gasteiger partial charge >= 0.3 is 0 Å². The molecule has 0 aromatic rings. The van der Waals surface area contributed by atoms with Crippen LogP contribution in [0.25, 0.3) is 0 Å². The van der Waals surface area contributed by atoms with Crippen molar-refractivity contribution in [1.82, 2.24) is 0 Å². The fourth-order valence-electron chi connectivity index (χ4n) is 3.07. The van der Waals surface area contributed by atoms with Gasteiger partial charge in [0.2, 0.25) is 0 Å². The summed E-state index contributed by atoms with van der Waals surface area (Å²) >= 11 is 0. The Morgan fingerprint density at radius 3 is 1.14 bits per heavy atom. The molecular weight excluding hydrogens is 252 g/mol. The Kier molecular flexibility index (Phi) is 18.1. The molecule has 0 aromatic heterocycles. The molecule has 1 atom stereocenters. The van der Waals surface area contributed by atoms with E-state index in [0.29, 0.717) is 0 Å². The predicted octanol–water partition coefficient (Wildman–Crippen LogP) is 8.29. The first-order chi connectivity index (χ1) is 10.3. The molecule has 0 aromatic carbocycles. The molecule has 0 saturated carbocycles. The number of hydrogen-bond acceptors (Lipinski definition) is 0. The van der Waals surface area contributed by atoms with Crippen LogP contribution in [0.15, 0.2) is 0 Å². The van der Waals surface area contributed by atoms with E-state index >= 15 is 0 Å². The average Bonchev–Trinajstić information content (AvgIpc) is 2.50. The molecule has 128 valence electrons. The maximum atomic E-state index is 2.39. The monoisotopic (exact) mass is 296 g/mol. The van der Waals surface area contributed by atoms with Crippen molar-refractivity contribution in [2.24, 2.45) is 5.92 Å². The molecule has 0 N–H and O–H groups in total. The highest BCUT2D eigenvalue weighted by molar-refractivity contribution is 4.52. The zero-order valence-corrected chi connectivity index (χ0v) is 15.6. The molecule has 0 amide bonds. The zero-order valence-electron chi connectivity index (χ0n) is 15.6. The summed E-state index contributed by atoms with van der Waals surface area (Å²) in [5.74, 6) is 0.951. The highest BCUT2D eigenvalue weighted by Crippen LogP contribution is 2.15. The lowest BCUT2D eigenvalue weighted by atomic mass is 9.99. The van der Waals surface area contributed by atoms with E-state index in [0.717, 1.165) is 5.92 Å². The molecule has 0 aliphatic heterocycles. The van der Waals surface area contributed by atoms with Crippen LogP contribution in [0.1, 0.15) is 130 Å². The molecule has 21 heavy (non-hydrogen) atoms. The highest BCUT2D eigenvalue weighted by atomic mass is 14.0. The number of rotatable bonds is 17. The molecule has 0 rings (SSSR count). The Labute approximate surface area is 136 Å². The Bertz CT molecular complexity index is 173. The van der Waals surface area contributed by atoms with Gasteiger partial charge in [-0.2, -0.15) is 0 Å². The minimum absolute atomic E-state index is 0.951. The summed E-state index contributed by atoms with van der Waals surface area (Å²) in [6, 6.07) is 0. The van der Waals surface area contributed by atoms with E-state index in [9.17, 15) is 0 Å². The summed E-state index contributed by atoms with van der Waals surface area (Å²) in [7, 11) is 0. The van der Waals surface area contributed by atoms with E-state index in [2.05, 4.69) is 20.8 Å². The maximum Gasteiger partial charge on any atom is -0.0445 e. The van der Waals surface area contributed by atoms with E-state index in [1.807, 2.05) is 0 Å². The summed E-state index contributed by atoms with van der Waals surface area (Å²) in [4.78, 5) is 0. The zero-order chi connectivity index (χ0) is 15.6. The van der Waals surface area contributed by atoms with Gasteiger partial charge in [-0.15, -0.1) is 0 Å². The number of hydrogen-bond donors (Lipinski definition) is 0. The van der Waals surface area contributed by atoms with E-state index in [4.69, 9.17) is 0 Å². The quantitative estimate of drug-likeness (QED) is 0.237. The second-order valence-electron chi connectivity index (χ2n) is 7.25. The van der Waals surface area contributed by atoms with Crippen LogP contribution >= 0.6 is 0 Å². The van der Waals surface area contributed by atoms with Crippen LogP contribution in [0.4, 0.5) is 0 Å². The summed E-state index contributed by atoms with van der Waals surface area (Å²) in [6.07, 6.45) is 24.9.